The molecule has 0 aromatic carbocycles. The van der Waals surface area contributed by atoms with E-state index in [0.717, 1.165) is 13.0 Å². The number of hydrogen-bond acceptors (Lipinski definition) is 11. The summed E-state index contributed by atoms with van der Waals surface area (Å²) in [7, 11) is 0. The molecule has 0 saturated heterocycles. The number of guanidine groups is 1. The van der Waals surface area contributed by atoms with Crippen molar-refractivity contribution < 1.29 is 53.3 Å². The second kappa shape index (κ2) is 19.5. The van der Waals surface area contributed by atoms with Crippen molar-refractivity contribution in [1.29, 1.82) is 0 Å². The van der Waals surface area contributed by atoms with Gasteiger partial charge in [-0.1, -0.05) is 13.8 Å². The van der Waals surface area contributed by atoms with E-state index in [4.69, 9.17) is 39.9 Å². The van der Waals surface area contributed by atoms with Crippen molar-refractivity contribution in [2.24, 2.45) is 22.4 Å². The lowest BCUT2D eigenvalue weighted by molar-refractivity contribution is -0.196. The molecule has 0 aromatic heterocycles. The van der Waals surface area contributed by atoms with Crippen molar-refractivity contribution in [3.05, 3.63) is 11.8 Å². The van der Waals surface area contributed by atoms with Crippen LogP contribution in [0.3, 0.4) is 0 Å². The predicted molar refractivity (Wildman–Crippen MR) is 143 cm³/mol. The van der Waals surface area contributed by atoms with Crippen LogP contribution in [0.1, 0.15) is 27.2 Å². The van der Waals surface area contributed by atoms with Crippen LogP contribution in [-0.2, 0) is 38.0 Å². The first-order chi connectivity index (χ1) is 19.1. The highest BCUT2D eigenvalue weighted by Gasteiger charge is 2.52. The zero-order valence-corrected chi connectivity index (χ0v) is 23.6. The van der Waals surface area contributed by atoms with Crippen LogP contribution in [0.15, 0.2) is 16.8 Å². The number of ether oxygens (including phenoxy) is 6. The van der Waals surface area contributed by atoms with Gasteiger partial charge in [-0.2, -0.15) is 0 Å². The Morgan fingerprint density at radius 2 is 1.62 bits per heavy atom. The van der Waals surface area contributed by atoms with Gasteiger partial charge in [0.1, 0.15) is 24.4 Å². The monoisotopic (exact) mass is 578 g/mol. The van der Waals surface area contributed by atoms with Crippen molar-refractivity contribution in [1.82, 2.24) is 5.32 Å². The zero-order valence-electron chi connectivity index (χ0n) is 23.6. The summed E-state index contributed by atoms with van der Waals surface area (Å²) in [5.41, 5.74) is 9.46. The number of nitrogens with two attached hydrogens (primary N) is 2. The Labute approximate surface area is 234 Å². The van der Waals surface area contributed by atoms with Gasteiger partial charge in [-0.25, -0.2) is 9.79 Å². The number of rotatable bonds is 22. The molecule has 5 atom stereocenters. The van der Waals surface area contributed by atoms with Gasteiger partial charge in [-0.3, -0.25) is 4.79 Å². The summed E-state index contributed by atoms with van der Waals surface area (Å²) in [5, 5.41) is 32.2. The van der Waals surface area contributed by atoms with E-state index in [1.165, 1.54) is 13.0 Å². The van der Waals surface area contributed by atoms with Gasteiger partial charge in [0, 0.05) is 19.1 Å². The number of nitrogens with one attached hydrogen (secondary N) is 1. The van der Waals surface area contributed by atoms with E-state index >= 15 is 0 Å². The second-order valence-corrected chi connectivity index (χ2v) is 9.24. The summed E-state index contributed by atoms with van der Waals surface area (Å²) < 4.78 is 32.8. The van der Waals surface area contributed by atoms with Gasteiger partial charge in [-0.15, -0.1) is 0 Å². The molecule has 1 rings (SSSR count). The maximum absolute atomic E-state index is 12.3. The summed E-state index contributed by atoms with van der Waals surface area (Å²) >= 11 is 0. The minimum absolute atomic E-state index is 0.193. The van der Waals surface area contributed by atoms with Gasteiger partial charge in [-0.05, 0) is 19.4 Å². The van der Waals surface area contributed by atoms with Crippen molar-refractivity contribution in [2.75, 3.05) is 72.6 Å². The van der Waals surface area contributed by atoms with E-state index in [1.807, 2.05) is 6.92 Å². The number of hydrogen-bond donors (Lipinski definition) is 6. The molecule has 8 N–H and O–H groups in total. The summed E-state index contributed by atoms with van der Waals surface area (Å²) in [6, 6.07) is -0.820. The minimum atomic E-state index is -1.52. The summed E-state index contributed by atoms with van der Waals surface area (Å²) in [5.74, 6) is -3.24. The predicted octanol–water partition coefficient (Wildman–Crippen LogP) is -1.65. The molecular weight excluding hydrogens is 532 g/mol. The lowest BCUT2D eigenvalue weighted by Crippen LogP contribution is -2.60. The molecule has 1 amide bonds. The van der Waals surface area contributed by atoms with Crippen molar-refractivity contribution in [3.63, 3.8) is 0 Å². The second-order valence-electron chi connectivity index (χ2n) is 9.24. The van der Waals surface area contributed by atoms with E-state index in [9.17, 15) is 24.9 Å². The van der Waals surface area contributed by atoms with Crippen LogP contribution < -0.4 is 16.8 Å². The largest absolute Gasteiger partial charge is 0.477 e. The highest BCUT2D eigenvalue weighted by atomic mass is 16.6. The van der Waals surface area contributed by atoms with Crippen LogP contribution in [0.2, 0.25) is 0 Å². The van der Waals surface area contributed by atoms with Crippen LogP contribution in [-0.4, -0.2) is 130 Å². The SMILES string of the molecule is CCCOCCOCCOCCOCCNC(=O)CO[C@H]([C@H](O)CO)[C@]1(C)OC(C(=O)O)=C[C@H](N=C(N)N)[C@H]1C. The first-order valence-corrected chi connectivity index (χ1v) is 13.3. The number of carbonyl (C=O) groups excluding carboxylic acids is 1. The molecule has 0 spiro atoms. The topological polar surface area (TPSA) is 227 Å². The molecule has 15 nitrogen and oxygen atoms in total. The fourth-order valence-corrected chi connectivity index (χ4v) is 3.90. The molecule has 232 valence electrons. The first kappa shape index (κ1) is 35.5. The third kappa shape index (κ3) is 12.8. The average Bonchev–Trinajstić information content (AvgIpc) is 2.90. The fraction of sp³-hybridized carbons (Fsp3) is 0.800. The van der Waals surface area contributed by atoms with Crippen molar-refractivity contribution in [2.45, 2.75) is 51.0 Å². The fourth-order valence-electron chi connectivity index (χ4n) is 3.90. The average molecular weight is 579 g/mol. The van der Waals surface area contributed by atoms with Crippen LogP contribution in [0.5, 0.6) is 0 Å². The van der Waals surface area contributed by atoms with Gasteiger partial charge < -0.3 is 60.5 Å². The number of aliphatic hydroxyl groups excluding tert-OH is 2. The maximum atomic E-state index is 12.3. The molecule has 0 aliphatic carbocycles. The zero-order chi connectivity index (χ0) is 30.0. The molecule has 0 bridgehead atoms. The number of carboxylic acid groups (broad SMARTS) is 1. The maximum Gasteiger partial charge on any atom is 0.370 e. The Bertz CT molecular complexity index is 810. The number of carboxylic acids is 1. The molecule has 0 fully saturated rings. The molecule has 0 radical (unpaired) electrons. The molecule has 1 aliphatic heterocycles. The highest BCUT2D eigenvalue weighted by Crippen LogP contribution is 2.39. The van der Waals surface area contributed by atoms with Gasteiger partial charge in [0.15, 0.2) is 5.96 Å². The lowest BCUT2D eigenvalue weighted by Gasteiger charge is -2.47. The molecule has 0 saturated carbocycles. The number of carbonyl (C=O) groups is 2. The normalized spacial score (nSPS) is 22.1. The third-order valence-corrected chi connectivity index (χ3v) is 6.11. The highest BCUT2D eigenvalue weighted by molar-refractivity contribution is 5.85. The number of aliphatic imine (C=N–C) groups is 1. The Balaban J connectivity index is 2.45. The number of nitrogens with zero attached hydrogens (tertiary/aromatic N) is 1. The summed E-state index contributed by atoms with van der Waals surface area (Å²) in [6.07, 6.45) is -0.592. The Hall–Kier alpha value is -2.53. The Kier molecular flexibility index (Phi) is 17.3. The minimum Gasteiger partial charge on any atom is -0.477 e. The first-order valence-electron chi connectivity index (χ1n) is 13.3. The Morgan fingerprint density at radius 3 is 2.12 bits per heavy atom. The van der Waals surface area contributed by atoms with Crippen molar-refractivity contribution in [3.8, 4) is 0 Å². The lowest BCUT2D eigenvalue weighted by atomic mass is 9.76. The van der Waals surface area contributed by atoms with E-state index in [-0.39, 0.29) is 19.1 Å². The van der Waals surface area contributed by atoms with E-state index in [0.29, 0.717) is 39.6 Å². The smallest absolute Gasteiger partial charge is 0.370 e. The number of aliphatic hydroxyl groups is 2. The van der Waals surface area contributed by atoms with Crippen LogP contribution in [0, 0.1) is 5.92 Å². The Morgan fingerprint density at radius 1 is 1.07 bits per heavy atom. The van der Waals surface area contributed by atoms with Gasteiger partial charge in [0.05, 0.1) is 58.9 Å². The van der Waals surface area contributed by atoms with Crippen LogP contribution >= 0.6 is 0 Å². The van der Waals surface area contributed by atoms with E-state index in [1.54, 1.807) is 6.92 Å². The molecule has 0 aromatic rings. The number of amides is 1. The molecule has 40 heavy (non-hydrogen) atoms. The van der Waals surface area contributed by atoms with E-state index in [2.05, 4.69) is 10.3 Å². The van der Waals surface area contributed by atoms with E-state index < -0.39 is 60.6 Å². The molecule has 0 unspecified atom stereocenters. The third-order valence-electron chi connectivity index (χ3n) is 6.11. The van der Waals surface area contributed by atoms with Crippen LogP contribution in [0.4, 0.5) is 0 Å². The van der Waals surface area contributed by atoms with Gasteiger partial charge in [0.25, 0.3) is 0 Å². The summed E-state index contributed by atoms with van der Waals surface area (Å²) in [6.45, 7) is 7.81. The van der Waals surface area contributed by atoms with Crippen molar-refractivity contribution >= 4 is 17.8 Å². The quantitative estimate of drug-likeness (QED) is 0.0481. The molecule has 15 heteroatoms. The number of aliphatic carboxylic acids is 1. The van der Waals surface area contributed by atoms with Crippen LogP contribution in [0.25, 0.3) is 0 Å². The molecular formula is C25H46N4O11. The molecule has 1 aliphatic rings. The standard InChI is InChI=1S/C25H46N4O11/c1-4-6-35-8-10-37-12-13-38-11-9-36-7-5-28-21(32)16-39-22(19(31)15-30)25(3)17(2)18(29-24(26)27)14-20(40-25)23(33)34/h14,17-19,22,30-31H,4-13,15-16H2,1-3H3,(H,28,32)(H,33,34)(H4,26,27,29)/t17-,18+,19-,22-,25-/m1/s1. The van der Waals surface area contributed by atoms with Gasteiger partial charge in [0.2, 0.25) is 11.7 Å². The molecule has 1 heterocycles. The van der Waals surface area contributed by atoms with Gasteiger partial charge >= 0.3 is 5.97 Å². The summed E-state index contributed by atoms with van der Waals surface area (Å²) in [4.78, 5) is 28.1.